The fourth-order valence-electron chi connectivity index (χ4n) is 2.96. The van der Waals surface area contributed by atoms with Gasteiger partial charge in [0.2, 0.25) is 0 Å². The SMILES string of the molecule is Cc1cn(-c2ccccc2)nc1NC(=O)c1ccc(CN)nc1C1CC1. The van der Waals surface area contributed by atoms with E-state index in [4.69, 9.17) is 5.73 Å². The van der Waals surface area contributed by atoms with Crippen molar-refractivity contribution >= 4 is 11.7 Å². The van der Waals surface area contributed by atoms with Crippen molar-refractivity contribution < 1.29 is 4.79 Å². The summed E-state index contributed by atoms with van der Waals surface area (Å²) in [5.41, 5.74) is 9.82. The number of carbonyl (C=O) groups excluding carboxylic acids is 1. The fourth-order valence-corrected chi connectivity index (χ4v) is 2.96. The third kappa shape index (κ3) is 3.23. The average molecular weight is 347 g/mol. The highest BCUT2D eigenvalue weighted by Gasteiger charge is 2.30. The number of carbonyl (C=O) groups is 1. The molecular formula is C20H21N5O. The lowest BCUT2D eigenvalue weighted by Crippen LogP contribution is -2.17. The highest BCUT2D eigenvalue weighted by Crippen LogP contribution is 2.40. The summed E-state index contributed by atoms with van der Waals surface area (Å²) >= 11 is 0. The summed E-state index contributed by atoms with van der Waals surface area (Å²) in [6.45, 7) is 2.31. The number of pyridine rings is 1. The number of aryl methyl sites for hydroxylation is 1. The minimum absolute atomic E-state index is 0.176. The molecule has 6 nitrogen and oxygen atoms in total. The molecule has 0 spiro atoms. The van der Waals surface area contributed by atoms with Crippen LogP contribution in [0.25, 0.3) is 5.69 Å². The molecule has 4 rings (SSSR count). The Morgan fingerprint density at radius 2 is 2.00 bits per heavy atom. The standard InChI is InChI=1S/C20H21N5O/c1-13-12-25(16-5-3-2-4-6-16)24-19(13)23-20(26)17-10-9-15(11-21)22-18(17)14-7-8-14/h2-6,9-10,12,14H,7-8,11,21H2,1H3,(H,23,24,26). The quantitative estimate of drug-likeness (QED) is 0.742. The van der Waals surface area contributed by atoms with Gasteiger partial charge in [0.05, 0.1) is 22.6 Å². The van der Waals surface area contributed by atoms with E-state index in [1.165, 1.54) is 0 Å². The number of rotatable bonds is 5. The smallest absolute Gasteiger partial charge is 0.258 e. The second-order valence-corrected chi connectivity index (χ2v) is 6.61. The molecule has 132 valence electrons. The van der Waals surface area contributed by atoms with Crippen LogP contribution in [0.1, 0.15) is 46.1 Å². The van der Waals surface area contributed by atoms with Crippen LogP contribution >= 0.6 is 0 Å². The first-order valence-corrected chi connectivity index (χ1v) is 8.78. The van der Waals surface area contributed by atoms with Crippen LogP contribution in [0.15, 0.2) is 48.7 Å². The lowest BCUT2D eigenvalue weighted by molar-refractivity contribution is 0.102. The van der Waals surface area contributed by atoms with Gasteiger partial charge in [0.25, 0.3) is 5.91 Å². The van der Waals surface area contributed by atoms with E-state index in [1.54, 1.807) is 4.68 Å². The minimum Gasteiger partial charge on any atom is -0.325 e. The molecule has 1 aliphatic carbocycles. The Hall–Kier alpha value is -2.99. The molecule has 2 heterocycles. The molecule has 0 unspecified atom stereocenters. The van der Waals surface area contributed by atoms with Gasteiger partial charge in [-0.3, -0.25) is 9.78 Å². The van der Waals surface area contributed by atoms with E-state index in [0.29, 0.717) is 23.8 Å². The fraction of sp³-hybridized carbons (Fsp3) is 0.250. The maximum atomic E-state index is 12.8. The van der Waals surface area contributed by atoms with E-state index in [-0.39, 0.29) is 5.91 Å². The molecule has 3 aromatic rings. The number of nitrogens with one attached hydrogen (secondary N) is 1. The lowest BCUT2D eigenvalue weighted by atomic mass is 10.1. The van der Waals surface area contributed by atoms with Crippen LogP contribution in [-0.2, 0) is 6.54 Å². The average Bonchev–Trinajstić information content (AvgIpc) is 3.46. The summed E-state index contributed by atoms with van der Waals surface area (Å²) in [5, 5.41) is 7.45. The molecular weight excluding hydrogens is 326 g/mol. The van der Waals surface area contributed by atoms with Crippen molar-refractivity contribution in [3.8, 4) is 5.69 Å². The first-order chi connectivity index (χ1) is 12.7. The topological polar surface area (TPSA) is 85.8 Å². The third-order valence-electron chi connectivity index (χ3n) is 4.55. The summed E-state index contributed by atoms with van der Waals surface area (Å²) in [7, 11) is 0. The van der Waals surface area contributed by atoms with Crippen molar-refractivity contribution in [2.45, 2.75) is 32.2 Å². The molecule has 0 saturated heterocycles. The Morgan fingerprint density at radius 3 is 2.69 bits per heavy atom. The van der Waals surface area contributed by atoms with Gasteiger partial charge in [-0.15, -0.1) is 5.10 Å². The number of nitrogens with zero attached hydrogens (tertiary/aromatic N) is 3. The van der Waals surface area contributed by atoms with Gasteiger partial charge in [0, 0.05) is 24.2 Å². The molecule has 1 amide bonds. The lowest BCUT2D eigenvalue weighted by Gasteiger charge is -2.09. The normalized spacial score (nSPS) is 13.6. The molecule has 0 aliphatic heterocycles. The van der Waals surface area contributed by atoms with Crippen molar-refractivity contribution in [3.05, 3.63) is 71.2 Å². The van der Waals surface area contributed by atoms with Crippen molar-refractivity contribution in [3.63, 3.8) is 0 Å². The summed E-state index contributed by atoms with van der Waals surface area (Å²) in [6.07, 6.45) is 4.05. The summed E-state index contributed by atoms with van der Waals surface area (Å²) in [5.74, 6) is 0.748. The monoisotopic (exact) mass is 347 g/mol. The molecule has 1 fully saturated rings. The maximum absolute atomic E-state index is 12.8. The number of benzene rings is 1. The number of para-hydroxylation sites is 1. The highest BCUT2D eigenvalue weighted by atomic mass is 16.1. The zero-order valence-electron chi connectivity index (χ0n) is 14.6. The van der Waals surface area contributed by atoms with Gasteiger partial charge in [0.1, 0.15) is 0 Å². The third-order valence-corrected chi connectivity index (χ3v) is 4.55. The minimum atomic E-state index is -0.176. The zero-order chi connectivity index (χ0) is 18.1. The highest BCUT2D eigenvalue weighted by molar-refractivity contribution is 6.05. The predicted molar refractivity (Wildman–Crippen MR) is 100 cm³/mol. The number of aromatic nitrogens is 3. The van der Waals surface area contributed by atoms with Crippen LogP contribution in [0.2, 0.25) is 0 Å². The first kappa shape index (κ1) is 16.5. The van der Waals surface area contributed by atoms with Gasteiger partial charge in [-0.1, -0.05) is 18.2 Å². The summed E-state index contributed by atoms with van der Waals surface area (Å²) in [6, 6.07) is 13.4. The number of hydrogen-bond donors (Lipinski definition) is 2. The summed E-state index contributed by atoms with van der Waals surface area (Å²) < 4.78 is 1.77. The van der Waals surface area contributed by atoms with Gasteiger partial charge in [-0.2, -0.15) is 0 Å². The van der Waals surface area contributed by atoms with Crippen LogP contribution in [0.5, 0.6) is 0 Å². The van der Waals surface area contributed by atoms with E-state index in [0.717, 1.165) is 35.5 Å². The van der Waals surface area contributed by atoms with Crippen LogP contribution < -0.4 is 11.1 Å². The van der Waals surface area contributed by atoms with E-state index < -0.39 is 0 Å². The molecule has 0 bridgehead atoms. The molecule has 1 aliphatic rings. The molecule has 2 aromatic heterocycles. The Labute approximate surface area is 152 Å². The van der Waals surface area contributed by atoms with Crippen LogP contribution in [-0.4, -0.2) is 20.7 Å². The largest absolute Gasteiger partial charge is 0.325 e. The zero-order valence-corrected chi connectivity index (χ0v) is 14.6. The van der Waals surface area contributed by atoms with Crippen LogP contribution in [0.4, 0.5) is 5.82 Å². The van der Waals surface area contributed by atoms with Gasteiger partial charge in [0.15, 0.2) is 5.82 Å². The van der Waals surface area contributed by atoms with Gasteiger partial charge < -0.3 is 11.1 Å². The van der Waals surface area contributed by atoms with E-state index in [9.17, 15) is 4.79 Å². The second kappa shape index (κ2) is 6.72. The van der Waals surface area contributed by atoms with Gasteiger partial charge in [-0.25, -0.2) is 4.68 Å². The Bertz CT molecular complexity index is 944. The molecule has 6 heteroatoms. The molecule has 1 aromatic carbocycles. The Morgan fingerprint density at radius 1 is 1.23 bits per heavy atom. The second-order valence-electron chi connectivity index (χ2n) is 6.61. The molecule has 26 heavy (non-hydrogen) atoms. The van der Waals surface area contributed by atoms with E-state index in [2.05, 4.69) is 15.4 Å². The molecule has 0 atom stereocenters. The van der Waals surface area contributed by atoms with Crippen molar-refractivity contribution in [2.75, 3.05) is 5.32 Å². The Balaban J connectivity index is 1.60. The molecule has 1 saturated carbocycles. The predicted octanol–water partition coefficient (Wildman–Crippen LogP) is 3.16. The van der Waals surface area contributed by atoms with Crippen molar-refractivity contribution in [1.82, 2.24) is 14.8 Å². The number of nitrogens with two attached hydrogens (primary N) is 1. The van der Waals surface area contributed by atoms with E-state index >= 15 is 0 Å². The van der Waals surface area contributed by atoms with Crippen molar-refractivity contribution in [1.29, 1.82) is 0 Å². The Kier molecular flexibility index (Phi) is 4.26. The first-order valence-electron chi connectivity index (χ1n) is 8.78. The number of hydrogen-bond acceptors (Lipinski definition) is 4. The number of anilines is 1. The molecule has 0 radical (unpaired) electrons. The maximum Gasteiger partial charge on any atom is 0.258 e. The van der Waals surface area contributed by atoms with Crippen LogP contribution in [0, 0.1) is 6.92 Å². The summed E-state index contributed by atoms with van der Waals surface area (Å²) in [4.78, 5) is 17.4. The number of amides is 1. The van der Waals surface area contributed by atoms with E-state index in [1.807, 2.05) is 55.6 Å². The van der Waals surface area contributed by atoms with Gasteiger partial charge in [-0.05, 0) is 44.0 Å². The van der Waals surface area contributed by atoms with Crippen LogP contribution in [0.3, 0.4) is 0 Å². The van der Waals surface area contributed by atoms with Gasteiger partial charge >= 0.3 is 0 Å². The van der Waals surface area contributed by atoms with Crippen molar-refractivity contribution in [2.24, 2.45) is 5.73 Å². The molecule has 3 N–H and O–H groups in total.